The molecule has 0 saturated carbocycles. The zero-order chi connectivity index (χ0) is 16.4. The maximum atomic E-state index is 12.7. The van der Waals surface area contributed by atoms with E-state index in [1.807, 2.05) is 6.20 Å². The Morgan fingerprint density at radius 1 is 1.29 bits per heavy atom. The van der Waals surface area contributed by atoms with Crippen molar-refractivity contribution in [1.82, 2.24) is 10.3 Å². The van der Waals surface area contributed by atoms with Crippen molar-refractivity contribution >= 4 is 33.1 Å². The van der Waals surface area contributed by atoms with Crippen molar-refractivity contribution < 1.29 is 9.53 Å². The molecule has 1 amide bonds. The SMILES string of the molecule is O=C(NC1CCOCC1)C1CCCN(c2ccnc3ccsc23)C1. The van der Waals surface area contributed by atoms with E-state index in [1.165, 1.54) is 10.4 Å². The van der Waals surface area contributed by atoms with E-state index in [9.17, 15) is 4.79 Å². The summed E-state index contributed by atoms with van der Waals surface area (Å²) >= 11 is 1.73. The van der Waals surface area contributed by atoms with Gasteiger partial charge in [0.2, 0.25) is 5.91 Å². The van der Waals surface area contributed by atoms with Crippen molar-refractivity contribution in [1.29, 1.82) is 0 Å². The molecular weight excluding hydrogens is 322 g/mol. The van der Waals surface area contributed by atoms with E-state index in [1.54, 1.807) is 11.3 Å². The van der Waals surface area contributed by atoms with Crippen LogP contribution in [0.5, 0.6) is 0 Å². The molecule has 6 heteroatoms. The Hall–Kier alpha value is -1.66. The minimum Gasteiger partial charge on any atom is -0.381 e. The largest absolute Gasteiger partial charge is 0.381 e. The Kier molecular flexibility index (Phi) is 4.67. The van der Waals surface area contributed by atoms with E-state index < -0.39 is 0 Å². The summed E-state index contributed by atoms with van der Waals surface area (Å²) in [5.74, 6) is 0.285. The number of aromatic nitrogens is 1. The van der Waals surface area contributed by atoms with Crippen LogP contribution in [-0.4, -0.2) is 43.2 Å². The Morgan fingerprint density at radius 2 is 2.17 bits per heavy atom. The van der Waals surface area contributed by atoms with Crippen LogP contribution >= 0.6 is 11.3 Å². The minimum atomic E-state index is 0.0739. The summed E-state index contributed by atoms with van der Waals surface area (Å²) in [4.78, 5) is 19.4. The number of nitrogens with zero attached hydrogens (tertiary/aromatic N) is 2. The van der Waals surface area contributed by atoms with Gasteiger partial charge in [-0.15, -0.1) is 11.3 Å². The maximum Gasteiger partial charge on any atom is 0.225 e. The van der Waals surface area contributed by atoms with Gasteiger partial charge in [0.1, 0.15) is 0 Å². The quantitative estimate of drug-likeness (QED) is 0.929. The fraction of sp³-hybridized carbons (Fsp3) is 0.556. The molecule has 4 heterocycles. The molecule has 0 aliphatic carbocycles. The third-order valence-corrected chi connectivity index (χ3v) is 5.95. The van der Waals surface area contributed by atoms with Crippen LogP contribution in [0.2, 0.25) is 0 Å². The Bertz CT molecular complexity index is 711. The summed E-state index contributed by atoms with van der Waals surface area (Å²) < 4.78 is 6.60. The highest BCUT2D eigenvalue weighted by Gasteiger charge is 2.28. The minimum absolute atomic E-state index is 0.0739. The lowest BCUT2D eigenvalue weighted by Crippen LogP contribution is -2.47. The second kappa shape index (κ2) is 7.07. The Balaban J connectivity index is 1.45. The number of rotatable bonds is 3. The molecular formula is C18H23N3O2S. The zero-order valence-electron chi connectivity index (χ0n) is 13.7. The highest BCUT2D eigenvalue weighted by Crippen LogP contribution is 2.32. The van der Waals surface area contributed by atoms with Gasteiger partial charge in [-0.1, -0.05) is 0 Å². The molecule has 0 aromatic carbocycles. The van der Waals surface area contributed by atoms with Gasteiger partial charge in [0.15, 0.2) is 0 Å². The lowest BCUT2D eigenvalue weighted by molar-refractivity contribution is -0.126. The number of carbonyl (C=O) groups is 1. The Labute approximate surface area is 146 Å². The van der Waals surface area contributed by atoms with Crippen molar-refractivity contribution in [2.45, 2.75) is 31.7 Å². The molecule has 1 N–H and O–H groups in total. The van der Waals surface area contributed by atoms with Crippen molar-refractivity contribution in [3.63, 3.8) is 0 Å². The molecule has 0 radical (unpaired) electrons. The summed E-state index contributed by atoms with van der Waals surface area (Å²) in [6.45, 7) is 3.33. The van der Waals surface area contributed by atoms with E-state index >= 15 is 0 Å². The summed E-state index contributed by atoms with van der Waals surface area (Å²) in [5.41, 5.74) is 2.27. The van der Waals surface area contributed by atoms with Gasteiger partial charge in [-0.2, -0.15) is 0 Å². The number of anilines is 1. The number of hydrogen-bond acceptors (Lipinski definition) is 5. The highest BCUT2D eigenvalue weighted by atomic mass is 32.1. The van der Waals surface area contributed by atoms with Gasteiger partial charge in [0.25, 0.3) is 0 Å². The van der Waals surface area contributed by atoms with Gasteiger partial charge in [0, 0.05) is 38.5 Å². The molecule has 4 rings (SSSR count). The van der Waals surface area contributed by atoms with E-state index in [2.05, 4.69) is 32.7 Å². The number of nitrogens with one attached hydrogen (secondary N) is 1. The summed E-state index contributed by atoms with van der Waals surface area (Å²) in [6, 6.07) is 4.42. The van der Waals surface area contributed by atoms with Crippen LogP contribution in [0.1, 0.15) is 25.7 Å². The number of amides is 1. The molecule has 1 atom stereocenters. The number of ether oxygens (including phenoxy) is 1. The van der Waals surface area contributed by atoms with E-state index in [0.717, 1.165) is 57.5 Å². The van der Waals surface area contributed by atoms with E-state index in [0.29, 0.717) is 0 Å². The second-order valence-corrected chi connectivity index (χ2v) is 7.56. The standard InChI is InChI=1S/C18H23N3O2S/c22-18(20-14-4-9-23-10-5-14)13-2-1-8-21(12-13)16-3-7-19-15-6-11-24-17(15)16/h3,6-7,11,13-14H,1-2,4-5,8-10,12H2,(H,20,22). The van der Waals surface area contributed by atoms with Crippen LogP contribution in [0, 0.1) is 5.92 Å². The fourth-order valence-corrected chi connectivity index (χ4v) is 4.57. The maximum absolute atomic E-state index is 12.7. The number of pyridine rings is 1. The topological polar surface area (TPSA) is 54.5 Å². The molecule has 2 fully saturated rings. The Morgan fingerprint density at radius 3 is 3.04 bits per heavy atom. The average Bonchev–Trinajstić information content (AvgIpc) is 3.11. The van der Waals surface area contributed by atoms with Crippen LogP contribution in [0.3, 0.4) is 0 Å². The van der Waals surface area contributed by atoms with Gasteiger partial charge in [-0.05, 0) is 43.2 Å². The number of hydrogen-bond donors (Lipinski definition) is 1. The first-order valence-corrected chi connectivity index (χ1v) is 9.64. The van der Waals surface area contributed by atoms with Crippen LogP contribution in [0.15, 0.2) is 23.7 Å². The van der Waals surface area contributed by atoms with Crippen LogP contribution in [0.25, 0.3) is 10.2 Å². The molecule has 1 unspecified atom stereocenters. The van der Waals surface area contributed by atoms with Crippen molar-refractivity contribution in [3.8, 4) is 0 Å². The van der Waals surface area contributed by atoms with Crippen LogP contribution < -0.4 is 10.2 Å². The number of fused-ring (bicyclic) bond motifs is 1. The number of carbonyl (C=O) groups excluding carboxylic acids is 1. The first-order valence-electron chi connectivity index (χ1n) is 8.76. The van der Waals surface area contributed by atoms with Crippen LogP contribution in [0.4, 0.5) is 5.69 Å². The van der Waals surface area contributed by atoms with E-state index in [-0.39, 0.29) is 17.9 Å². The van der Waals surface area contributed by atoms with Gasteiger partial charge in [-0.25, -0.2) is 0 Å². The first kappa shape index (κ1) is 15.8. The highest BCUT2D eigenvalue weighted by molar-refractivity contribution is 7.17. The predicted octanol–water partition coefficient (Wildman–Crippen LogP) is 2.81. The average molecular weight is 345 g/mol. The van der Waals surface area contributed by atoms with Crippen molar-refractivity contribution in [2.24, 2.45) is 5.92 Å². The van der Waals surface area contributed by atoms with Gasteiger partial charge >= 0.3 is 0 Å². The van der Waals surface area contributed by atoms with E-state index in [4.69, 9.17) is 4.74 Å². The van der Waals surface area contributed by atoms with Crippen LogP contribution in [-0.2, 0) is 9.53 Å². The third-order valence-electron chi connectivity index (χ3n) is 5.02. The van der Waals surface area contributed by atoms with Gasteiger partial charge in [0.05, 0.1) is 21.8 Å². The zero-order valence-corrected chi connectivity index (χ0v) is 14.6. The third kappa shape index (κ3) is 3.26. The molecule has 2 aliphatic heterocycles. The monoisotopic (exact) mass is 345 g/mol. The van der Waals surface area contributed by atoms with Gasteiger partial charge in [-0.3, -0.25) is 9.78 Å². The molecule has 5 nitrogen and oxygen atoms in total. The van der Waals surface area contributed by atoms with Crippen molar-refractivity contribution in [2.75, 3.05) is 31.2 Å². The molecule has 2 aromatic heterocycles. The van der Waals surface area contributed by atoms with Crippen molar-refractivity contribution in [3.05, 3.63) is 23.7 Å². The first-order chi connectivity index (χ1) is 11.8. The molecule has 2 aromatic rings. The summed E-state index contributed by atoms with van der Waals surface area (Å²) in [6.07, 6.45) is 5.77. The lowest BCUT2D eigenvalue weighted by Gasteiger charge is -2.35. The molecule has 24 heavy (non-hydrogen) atoms. The normalized spacial score (nSPS) is 22.7. The number of piperidine rings is 1. The molecule has 0 spiro atoms. The lowest BCUT2D eigenvalue weighted by atomic mass is 9.95. The van der Waals surface area contributed by atoms with Gasteiger partial charge < -0.3 is 15.0 Å². The second-order valence-electron chi connectivity index (χ2n) is 6.65. The molecule has 0 bridgehead atoms. The molecule has 128 valence electrons. The smallest absolute Gasteiger partial charge is 0.225 e. The number of thiophene rings is 1. The molecule has 2 saturated heterocycles. The predicted molar refractivity (Wildman–Crippen MR) is 96.5 cm³/mol. The summed E-state index contributed by atoms with van der Waals surface area (Å²) in [5, 5.41) is 5.32. The summed E-state index contributed by atoms with van der Waals surface area (Å²) in [7, 11) is 0. The fourth-order valence-electron chi connectivity index (χ4n) is 3.68. The molecule has 2 aliphatic rings.